The summed E-state index contributed by atoms with van der Waals surface area (Å²) < 4.78 is 17.0. The topological polar surface area (TPSA) is 124 Å². The number of epoxide rings is 1. The summed E-state index contributed by atoms with van der Waals surface area (Å²) in [5, 5.41) is 43.4. The highest BCUT2D eigenvalue weighted by Gasteiger charge is 2.53. The summed E-state index contributed by atoms with van der Waals surface area (Å²) in [7, 11) is 1.87. The largest absolute Gasteiger partial charge is 0.461 e. The zero-order valence-electron chi connectivity index (χ0n) is 17.7. The molecule has 8 heteroatoms. The van der Waals surface area contributed by atoms with Crippen molar-refractivity contribution in [3.05, 3.63) is 53.6 Å². The molecular formula is C23H29NO7. The third-order valence-corrected chi connectivity index (χ3v) is 5.99. The minimum absolute atomic E-state index is 0.0488. The van der Waals surface area contributed by atoms with Crippen LogP contribution in [0.1, 0.15) is 24.2 Å². The maximum Gasteiger partial charge on any atom is 0.231 e. The van der Waals surface area contributed by atoms with Crippen LogP contribution in [0, 0.1) is 6.92 Å². The van der Waals surface area contributed by atoms with Gasteiger partial charge in [0.25, 0.3) is 0 Å². The van der Waals surface area contributed by atoms with Crippen LogP contribution in [-0.4, -0.2) is 70.5 Å². The molecule has 0 aromatic heterocycles. The Morgan fingerprint density at radius 3 is 2.48 bits per heavy atom. The lowest BCUT2D eigenvalue weighted by Gasteiger charge is -2.45. The average molecular weight is 431 g/mol. The SMILES string of the molecule is CNC1OC1c1cccc(-c2ccc(O[C@H]3O[C@H](CO)[C@@H](O)[C@H](O)[C@]3(C)O)c(C)c2)c1. The van der Waals surface area contributed by atoms with Gasteiger partial charge >= 0.3 is 0 Å². The standard InChI is InChI=1S/C23H29NO7/c1-12-9-14(13-5-4-6-15(10-13)19-21(24-3)31-19)7-8-16(12)29-22-23(2,28)20(27)18(26)17(11-25)30-22/h4-10,17-22,24-28H,11H2,1-3H3/t17-,18-,19?,20+,21?,22+,23+/m1/s1. The van der Waals surface area contributed by atoms with Crippen molar-refractivity contribution >= 4 is 0 Å². The first-order valence-corrected chi connectivity index (χ1v) is 10.3. The van der Waals surface area contributed by atoms with Gasteiger partial charge in [-0.15, -0.1) is 0 Å². The molecule has 31 heavy (non-hydrogen) atoms. The normalized spacial score (nSPS) is 35.1. The highest BCUT2D eigenvalue weighted by atomic mass is 16.7. The molecule has 0 saturated carbocycles. The summed E-state index contributed by atoms with van der Waals surface area (Å²) in [6.45, 7) is 2.68. The zero-order chi connectivity index (χ0) is 22.3. The highest BCUT2D eigenvalue weighted by molar-refractivity contribution is 5.66. The molecule has 5 N–H and O–H groups in total. The second-order valence-corrected chi connectivity index (χ2v) is 8.34. The quantitative estimate of drug-likeness (QED) is 0.427. The van der Waals surface area contributed by atoms with Crippen LogP contribution in [0.3, 0.4) is 0 Å². The Kier molecular flexibility index (Phi) is 6.06. The molecule has 168 valence electrons. The summed E-state index contributed by atoms with van der Waals surface area (Å²) in [5.41, 5.74) is 2.08. The van der Waals surface area contributed by atoms with Crippen LogP contribution in [0.25, 0.3) is 11.1 Å². The monoisotopic (exact) mass is 431 g/mol. The molecule has 4 rings (SSSR count). The molecule has 2 saturated heterocycles. The lowest BCUT2D eigenvalue weighted by Crippen LogP contribution is -2.66. The smallest absolute Gasteiger partial charge is 0.231 e. The van der Waals surface area contributed by atoms with Crippen molar-refractivity contribution in [3.63, 3.8) is 0 Å². The van der Waals surface area contributed by atoms with Gasteiger partial charge in [-0.3, -0.25) is 5.32 Å². The Balaban J connectivity index is 1.54. The molecule has 2 heterocycles. The molecule has 0 spiro atoms. The number of hydrogen-bond acceptors (Lipinski definition) is 8. The minimum Gasteiger partial charge on any atom is -0.461 e. The van der Waals surface area contributed by atoms with E-state index in [-0.39, 0.29) is 12.3 Å². The van der Waals surface area contributed by atoms with E-state index in [9.17, 15) is 20.4 Å². The minimum atomic E-state index is -1.86. The number of aryl methyl sites for hydroxylation is 1. The molecule has 0 radical (unpaired) electrons. The number of likely N-dealkylation sites (N-methyl/N-ethyl adjacent to an activating group) is 1. The number of benzene rings is 2. The predicted molar refractivity (Wildman–Crippen MR) is 112 cm³/mol. The van der Waals surface area contributed by atoms with Crippen molar-refractivity contribution in [2.75, 3.05) is 13.7 Å². The van der Waals surface area contributed by atoms with E-state index in [1.807, 2.05) is 44.3 Å². The number of aliphatic hydroxyl groups is 4. The first-order valence-electron chi connectivity index (χ1n) is 10.3. The van der Waals surface area contributed by atoms with Crippen LogP contribution in [0.5, 0.6) is 5.75 Å². The van der Waals surface area contributed by atoms with E-state index < -0.39 is 36.8 Å². The van der Waals surface area contributed by atoms with Crippen LogP contribution in [0.4, 0.5) is 0 Å². The van der Waals surface area contributed by atoms with Crippen molar-refractivity contribution in [2.45, 2.75) is 56.4 Å². The Labute approximate surface area is 181 Å². The first kappa shape index (κ1) is 22.2. The van der Waals surface area contributed by atoms with Crippen LogP contribution in [0.2, 0.25) is 0 Å². The summed E-state index contributed by atoms with van der Waals surface area (Å²) in [4.78, 5) is 0. The molecule has 2 aliphatic heterocycles. The molecule has 2 unspecified atom stereocenters. The third-order valence-electron chi connectivity index (χ3n) is 5.99. The summed E-state index contributed by atoms with van der Waals surface area (Å²) in [6.07, 6.45) is -5.17. The van der Waals surface area contributed by atoms with E-state index in [4.69, 9.17) is 14.2 Å². The van der Waals surface area contributed by atoms with Gasteiger partial charge in [0.2, 0.25) is 6.29 Å². The van der Waals surface area contributed by atoms with Crippen LogP contribution < -0.4 is 10.1 Å². The zero-order valence-corrected chi connectivity index (χ0v) is 17.7. The molecule has 2 fully saturated rings. The first-order chi connectivity index (χ1) is 14.8. The Bertz CT molecular complexity index is 934. The molecule has 2 aliphatic rings. The lowest BCUT2D eigenvalue weighted by molar-refractivity contribution is -0.314. The second kappa shape index (κ2) is 8.48. The number of ether oxygens (including phenoxy) is 3. The van der Waals surface area contributed by atoms with Crippen LogP contribution in [-0.2, 0) is 9.47 Å². The lowest BCUT2D eigenvalue weighted by atomic mass is 9.88. The van der Waals surface area contributed by atoms with Gasteiger partial charge in [-0.2, -0.15) is 0 Å². The van der Waals surface area contributed by atoms with Crippen molar-refractivity contribution < 1.29 is 34.6 Å². The van der Waals surface area contributed by atoms with E-state index in [1.54, 1.807) is 6.07 Å². The average Bonchev–Trinajstić information content (AvgIpc) is 3.56. The van der Waals surface area contributed by atoms with E-state index in [2.05, 4.69) is 11.4 Å². The highest BCUT2D eigenvalue weighted by Crippen LogP contribution is 2.39. The maximum atomic E-state index is 10.6. The van der Waals surface area contributed by atoms with E-state index >= 15 is 0 Å². The van der Waals surface area contributed by atoms with E-state index in [1.165, 1.54) is 6.92 Å². The molecule has 0 aliphatic carbocycles. The molecular weight excluding hydrogens is 402 g/mol. The molecule has 2 aromatic carbocycles. The number of aliphatic hydroxyl groups excluding tert-OH is 3. The van der Waals surface area contributed by atoms with Gasteiger partial charge < -0.3 is 34.6 Å². The summed E-state index contributed by atoms with van der Waals surface area (Å²) >= 11 is 0. The Morgan fingerprint density at radius 1 is 1.10 bits per heavy atom. The molecule has 8 nitrogen and oxygen atoms in total. The Hall–Kier alpha value is -2.04. The fraction of sp³-hybridized carbons (Fsp3) is 0.478. The van der Waals surface area contributed by atoms with Gasteiger partial charge in [-0.05, 0) is 61.3 Å². The van der Waals surface area contributed by atoms with Crippen LogP contribution in [0.15, 0.2) is 42.5 Å². The molecule has 2 aromatic rings. The fourth-order valence-corrected chi connectivity index (χ4v) is 3.92. The fourth-order valence-electron chi connectivity index (χ4n) is 3.92. The predicted octanol–water partition coefficient (Wildman–Crippen LogP) is 0.848. The Morgan fingerprint density at radius 2 is 1.84 bits per heavy atom. The van der Waals surface area contributed by atoms with Crippen molar-refractivity contribution in [1.82, 2.24) is 5.32 Å². The molecule has 0 bridgehead atoms. The van der Waals surface area contributed by atoms with Gasteiger partial charge in [0.1, 0.15) is 36.4 Å². The van der Waals surface area contributed by atoms with E-state index in [0.29, 0.717) is 5.75 Å². The third kappa shape index (κ3) is 4.20. The van der Waals surface area contributed by atoms with Crippen molar-refractivity contribution in [1.29, 1.82) is 0 Å². The van der Waals surface area contributed by atoms with Gasteiger partial charge in [0, 0.05) is 0 Å². The van der Waals surface area contributed by atoms with Crippen molar-refractivity contribution in [2.24, 2.45) is 0 Å². The van der Waals surface area contributed by atoms with Crippen molar-refractivity contribution in [3.8, 4) is 16.9 Å². The maximum absolute atomic E-state index is 10.6. The summed E-state index contributed by atoms with van der Waals surface area (Å²) in [5.74, 6) is 0.464. The van der Waals surface area contributed by atoms with Crippen LogP contribution >= 0.6 is 0 Å². The van der Waals surface area contributed by atoms with Gasteiger partial charge in [-0.1, -0.05) is 24.3 Å². The van der Waals surface area contributed by atoms with Gasteiger partial charge in [0.05, 0.1) is 6.61 Å². The molecule has 0 amide bonds. The number of nitrogens with one attached hydrogen (secondary N) is 1. The van der Waals surface area contributed by atoms with Gasteiger partial charge in [-0.25, -0.2) is 0 Å². The molecule has 7 atom stereocenters. The van der Waals surface area contributed by atoms with Gasteiger partial charge in [0.15, 0.2) is 5.60 Å². The second-order valence-electron chi connectivity index (χ2n) is 8.34. The number of hydrogen-bond donors (Lipinski definition) is 5. The summed E-state index contributed by atoms with van der Waals surface area (Å²) in [6, 6.07) is 13.8. The number of rotatable bonds is 6. The van der Waals surface area contributed by atoms with E-state index in [0.717, 1.165) is 22.3 Å².